The molecule has 3 amide bonds. The van der Waals surface area contributed by atoms with Crippen molar-refractivity contribution in [3.05, 3.63) is 0 Å². The van der Waals surface area contributed by atoms with Gasteiger partial charge in [0.1, 0.15) is 6.04 Å². The van der Waals surface area contributed by atoms with Gasteiger partial charge in [0.25, 0.3) is 0 Å². The van der Waals surface area contributed by atoms with E-state index in [0.29, 0.717) is 58.9 Å². The summed E-state index contributed by atoms with van der Waals surface area (Å²) in [6.07, 6.45) is 1.03. The lowest BCUT2D eigenvalue weighted by Gasteiger charge is -2.17. The first-order chi connectivity index (χ1) is 11.5. The Morgan fingerprint density at radius 2 is 1.58 bits per heavy atom. The highest BCUT2D eigenvalue weighted by Gasteiger charge is 2.18. The maximum absolute atomic E-state index is 12.1. The normalized spacial score (nSPS) is 11.6. The molecule has 1 unspecified atom stereocenters. The standard InChI is InChI=1S/C15H30N4O5/c1-12(20)17-6-3-4-14(19-13(2)21)15(22)18-7-9-24-11-10-23-8-5-16/h14H,3-11,16H2,1-2H3,(H,17,20)(H,18,22)(H,19,21). The molecule has 0 aliphatic heterocycles. The van der Waals surface area contributed by atoms with Crippen LogP contribution in [0, 0.1) is 0 Å². The second-order valence-corrected chi connectivity index (χ2v) is 5.18. The number of hydrogen-bond donors (Lipinski definition) is 4. The predicted octanol–water partition coefficient (Wildman–Crippen LogP) is -1.48. The Hall–Kier alpha value is -1.71. The number of amides is 3. The molecule has 0 heterocycles. The van der Waals surface area contributed by atoms with Gasteiger partial charge in [0.05, 0.1) is 26.4 Å². The summed E-state index contributed by atoms with van der Waals surface area (Å²) in [6.45, 7) is 5.82. The fraction of sp³-hybridized carbons (Fsp3) is 0.800. The summed E-state index contributed by atoms with van der Waals surface area (Å²) in [5, 5.41) is 7.97. The van der Waals surface area contributed by atoms with Crippen molar-refractivity contribution in [1.29, 1.82) is 0 Å². The summed E-state index contributed by atoms with van der Waals surface area (Å²) in [5.41, 5.74) is 5.28. The number of rotatable bonds is 14. The molecule has 0 saturated carbocycles. The molecule has 1 atom stereocenters. The summed E-state index contributed by atoms with van der Waals surface area (Å²) < 4.78 is 10.5. The summed E-state index contributed by atoms with van der Waals surface area (Å²) >= 11 is 0. The largest absolute Gasteiger partial charge is 0.378 e. The van der Waals surface area contributed by atoms with Gasteiger partial charge in [0.15, 0.2) is 0 Å². The number of ether oxygens (including phenoxy) is 2. The Kier molecular flexibility index (Phi) is 13.8. The SMILES string of the molecule is CC(=O)NCCCC(NC(C)=O)C(=O)NCCOCCOCCN. The molecule has 5 N–H and O–H groups in total. The number of carbonyl (C=O) groups is 3. The van der Waals surface area contributed by atoms with Gasteiger partial charge in [0.2, 0.25) is 17.7 Å². The molecule has 0 saturated heterocycles. The zero-order chi connectivity index (χ0) is 18.2. The molecule has 9 heteroatoms. The highest BCUT2D eigenvalue weighted by molar-refractivity contribution is 5.86. The number of hydrogen-bond acceptors (Lipinski definition) is 6. The first-order valence-electron chi connectivity index (χ1n) is 8.12. The van der Waals surface area contributed by atoms with Crippen LogP contribution in [0.5, 0.6) is 0 Å². The van der Waals surface area contributed by atoms with Crippen LogP contribution in [0.3, 0.4) is 0 Å². The van der Waals surface area contributed by atoms with E-state index in [1.54, 1.807) is 0 Å². The van der Waals surface area contributed by atoms with Crippen LogP contribution in [0.1, 0.15) is 26.7 Å². The predicted molar refractivity (Wildman–Crippen MR) is 89.2 cm³/mol. The minimum Gasteiger partial charge on any atom is -0.378 e. The van der Waals surface area contributed by atoms with Crippen LogP contribution in [0.4, 0.5) is 0 Å². The number of nitrogens with one attached hydrogen (secondary N) is 3. The van der Waals surface area contributed by atoms with Crippen LogP contribution in [0.15, 0.2) is 0 Å². The lowest BCUT2D eigenvalue weighted by Crippen LogP contribution is -2.47. The molecule has 0 radical (unpaired) electrons. The van der Waals surface area contributed by atoms with Crippen LogP contribution >= 0.6 is 0 Å². The highest BCUT2D eigenvalue weighted by atomic mass is 16.5. The van der Waals surface area contributed by atoms with Gasteiger partial charge in [0, 0.05) is 33.5 Å². The molecule has 140 valence electrons. The van der Waals surface area contributed by atoms with E-state index < -0.39 is 6.04 Å². The molecule has 0 aromatic carbocycles. The molecule has 0 spiro atoms. The van der Waals surface area contributed by atoms with Crippen molar-refractivity contribution in [3.63, 3.8) is 0 Å². The van der Waals surface area contributed by atoms with Crippen molar-refractivity contribution >= 4 is 17.7 Å². The Morgan fingerprint density at radius 1 is 0.917 bits per heavy atom. The number of carbonyl (C=O) groups excluding carboxylic acids is 3. The summed E-state index contributed by atoms with van der Waals surface area (Å²) in [4.78, 5) is 34.1. The van der Waals surface area contributed by atoms with Crippen molar-refractivity contribution in [3.8, 4) is 0 Å². The molecule has 0 aromatic heterocycles. The summed E-state index contributed by atoms with van der Waals surface area (Å²) in [5.74, 6) is -0.665. The first-order valence-corrected chi connectivity index (χ1v) is 8.12. The van der Waals surface area contributed by atoms with Gasteiger partial charge in [-0.2, -0.15) is 0 Å². The maximum atomic E-state index is 12.1. The van der Waals surface area contributed by atoms with Crippen molar-refractivity contribution in [2.75, 3.05) is 46.1 Å². The van der Waals surface area contributed by atoms with E-state index in [0.717, 1.165) is 0 Å². The van der Waals surface area contributed by atoms with Gasteiger partial charge in [-0.25, -0.2) is 0 Å². The van der Waals surface area contributed by atoms with Crippen LogP contribution in [0.25, 0.3) is 0 Å². The van der Waals surface area contributed by atoms with Crippen LogP contribution in [0.2, 0.25) is 0 Å². The lowest BCUT2D eigenvalue weighted by molar-refractivity contribution is -0.128. The van der Waals surface area contributed by atoms with Gasteiger partial charge in [-0.3, -0.25) is 14.4 Å². The fourth-order valence-electron chi connectivity index (χ4n) is 1.86. The third kappa shape index (κ3) is 13.9. The molecule has 0 rings (SSSR count). The molecular weight excluding hydrogens is 316 g/mol. The molecule has 0 aromatic rings. The average Bonchev–Trinajstić information content (AvgIpc) is 2.52. The van der Waals surface area contributed by atoms with E-state index in [2.05, 4.69) is 16.0 Å². The van der Waals surface area contributed by atoms with Gasteiger partial charge in [-0.15, -0.1) is 0 Å². The van der Waals surface area contributed by atoms with E-state index in [1.165, 1.54) is 13.8 Å². The quantitative estimate of drug-likeness (QED) is 0.284. The second kappa shape index (κ2) is 14.9. The molecule has 0 aliphatic rings. The van der Waals surface area contributed by atoms with Gasteiger partial charge >= 0.3 is 0 Å². The molecular formula is C15H30N4O5. The zero-order valence-electron chi connectivity index (χ0n) is 14.6. The van der Waals surface area contributed by atoms with Crippen molar-refractivity contribution in [2.45, 2.75) is 32.7 Å². The Labute approximate surface area is 143 Å². The van der Waals surface area contributed by atoms with Gasteiger partial charge < -0.3 is 31.2 Å². The average molecular weight is 346 g/mol. The van der Waals surface area contributed by atoms with E-state index in [1.807, 2.05) is 0 Å². The molecule has 0 bridgehead atoms. The molecule has 9 nitrogen and oxygen atoms in total. The van der Waals surface area contributed by atoms with E-state index in [-0.39, 0.29) is 17.7 Å². The smallest absolute Gasteiger partial charge is 0.242 e. The summed E-state index contributed by atoms with van der Waals surface area (Å²) in [6, 6.07) is -0.621. The monoisotopic (exact) mass is 346 g/mol. The minimum atomic E-state index is -0.621. The maximum Gasteiger partial charge on any atom is 0.242 e. The molecule has 0 aliphatic carbocycles. The Balaban J connectivity index is 3.90. The lowest BCUT2D eigenvalue weighted by atomic mass is 10.1. The van der Waals surface area contributed by atoms with Crippen LogP contribution in [-0.2, 0) is 23.9 Å². The number of nitrogens with two attached hydrogens (primary N) is 1. The molecule has 24 heavy (non-hydrogen) atoms. The summed E-state index contributed by atoms with van der Waals surface area (Å²) in [7, 11) is 0. The zero-order valence-corrected chi connectivity index (χ0v) is 14.6. The van der Waals surface area contributed by atoms with Crippen LogP contribution < -0.4 is 21.7 Å². The van der Waals surface area contributed by atoms with Crippen LogP contribution in [-0.4, -0.2) is 69.8 Å². The Morgan fingerprint density at radius 3 is 2.17 bits per heavy atom. The van der Waals surface area contributed by atoms with Crippen molar-refractivity contribution in [1.82, 2.24) is 16.0 Å². The van der Waals surface area contributed by atoms with E-state index in [9.17, 15) is 14.4 Å². The topological polar surface area (TPSA) is 132 Å². The van der Waals surface area contributed by atoms with Crippen molar-refractivity contribution in [2.24, 2.45) is 5.73 Å². The van der Waals surface area contributed by atoms with E-state index in [4.69, 9.17) is 15.2 Å². The minimum absolute atomic E-state index is 0.122. The second-order valence-electron chi connectivity index (χ2n) is 5.18. The fourth-order valence-corrected chi connectivity index (χ4v) is 1.86. The Bertz CT molecular complexity index is 379. The van der Waals surface area contributed by atoms with Gasteiger partial charge in [-0.1, -0.05) is 0 Å². The van der Waals surface area contributed by atoms with Crippen molar-refractivity contribution < 1.29 is 23.9 Å². The third-order valence-corrected chi connectivity index (χ3v) is 2.92. The highest BCUT2D eigenvalue weighted by Crippen LogP contribution is 1.97. The first kappa shape index (κ1) is 22.3. The third-order valence-electron chi connectivity index (χ3n) is 2.92. The van der Waals surface area contributed by atoms with Gasteiger partial charge in [-0.05, 0) is 12.8 Å². The molecule has 0 fully saturated rings. The van der Waals surface area contributed by atoms with E-state index >= 15 is 0 Å².